The molecule has 0 saturated carbocycles. The monoisotopic (exact) mass is 599 g/mol. The fourth-order valence-corrected chi connectivity index (χ4v) is 5.57. The van der Waals surface area contributed by atoms with Crippen molar-refractivity contribution in [3.63, 3.8) is 0 Å². The van der Waals surface area contributed by atoms with E-state index in [2.05, 4.69) is 5.32 Å². The van der Waals surface area contributed by atoms with Gasteiger partial charge in [0.2, 0.25) is 21.8 Å². The molecule has 1 aliphatic rings. The van der Waals surface area contributed by atoms with Gasteiger partial charge in [0.15, 0.2) is 11.5 Å². The Morgan fingerprint density at radius 3 is 2.34 bits per heavy atom. The van der Waals surface area contributed by atoms with Crippen LogP contribution < -0.4 is 19.1 Å². The topological polar surface area (TPSA) is 105 Å². The molecule has 41 heavy (non-hydrogen) atoms. The summed E-state index contributed by atoms with van der Waals surface area (Å²) >= 11 is 6.47. The predicted molar refractivity (Wildman–Crippen MR) is 159 cm³/mol. The van der Waals surface area contributed by atoms with E-state index in [1.54, 1.807) is 36.4 Å². The SMILES string of the molecule is CCCNC(=O)[C@@H](Cc1ccccc1)N(Cc1ccccc1Cl)C(=O)CN(c1ccc2c(c1)OCCO2)S(C)(=O)=O. The van der Waals surface area contributed by atoms with Gasteiger partial charge in [0.1, 0.15) is 25.8 Å². The number of nitrogens with zero attached hydrogens (tertiary/aromatic N) is 2. The van der Waals surface area contributed by atoms with Gasteiger partial charge in [0, 0.05) is 30.6 Å². The van der Waals surface area contributed by atoms with Crippen molar-refractivity contribution < 1.29 is 27.5 Å². The molecule has 11 heteroatoms. The minimum absolute atomic E-state index is 0.00823. The number of hydrogen-bond acceptors (Lipinski definition) is 6. The number of fused-ring (bicyclic) bond motifs is 1. The first-order chi connectivity index (χ1) is 19.7. The normalized spacial score (nSPS) is 13.2. The lowest BCUT2D eigenvalue weighted by Crippen LogP contribution is -2.53. The van der Waals surface area contributed by atoms with Crippen LogP contribution in [0.15, 0.2) is 72.8 Å². The Morgan fingerprint density at radius 1 is 0.976 bits per heavy atom. The molecule has 218 valence electrons. The van der Waals surface area contributed by atoms with E-state index in [0.717, 1.165) is 16.1 Å². The van der Waals surface area contributed by atoms with E-state index in [4.69, 9.17) is 21.1 Å². The summed E-state index contributed by atoms with van der Waals surface area (Å²) in [6.07, 6.45) is 1.98. The molecule has 9 nitrogen and oxygen atoms in total. The van der Waals surface area contributed by atoms with Gasteiger partial charge in [0.25, 0.3) is 0 Å². The van der Waals surface area contributed by atoms with E-state index < -0.39 is 28.5 Å². The van der Waals surface area contributed by atoms with Crippen molar-refractivity contribution in [2.24, 2.45) is 0 Å². The zero-order valence-corrected chi connectivity index (χ0v) is 24.7. The quantitative estimate of drug-likeness (QED) is 0.337. The molecular weight excluding hydrogens is 566 g/mol. The number of benzene rings is 3. The second-order valence-electron chi connectivity index (χ2n) is 9.71. The minimum Gasteiger partial charge on any atom is -0.486 e. The lowest BCUT2D eigenvalue weighted by Gasteiger charge is -2.34. The average molecular weight is 600 g/mol. The smallest absolute Gasteiger partial charge is 0.244 e. The van der Waals surface area contributed by atoms with Gasteiger partial charge in [-0.25, -0.2) is 8.42 Å². The largest absolute Gasteiger partial charge is 0.486 e. The van der Waals surface area contributed by atoms with Crippen LogP contribution in [0.2, 0.25) is 5.02 Å². The Balaban J connectivity index is 1.73. The summed E-state index contributed by atoms with van der Waals surface area (Å²) in [5, 5.41) is 3.34. The molecule has 1 aliphatic heterocycles. The fourth-order valence-electron chi connectivity index (χ4n) is 4.53. The van der Waals surface area contributed by atoms with Gasteiger partial charge >= 0.3 is 0 Å². The number of carbonyl (C=O) groups is 2. The van der Waals surface area contributed by atoms with E-state index in [-0.39, 0.29) is 24.6 Å². The van der Waals surface area contributed by atoms with Gasteiger partial charge in [-0.2, -0.15) is 0 Å². The molecule has 1 atom stereocenters. The number of rotatable bonds is 12. The van der Waals surface area contributed by atoms with Gasteiger partial charge in [-0.1, -0.05) is 67.1 Å². The summed E-state index contributed by atoms with van der Waals surface area (Å²) in [6, 6.07) is 20.2. The number of ether oxygens (including phenoxy) is 2. The Bertz CT molecular complexity index is 1470. The van der Waals surface area contributed by atoms with Crippen molar-refractivity contribution in [2.45, 2.75) is 32.4 Å². The predicted octanol–water partition coefficient (Wildman–Crippen LogP) is 4.04. The highest BCUT2D eigenvalue weighted by Gasteiger charge is 2.33. The van der Waals surface area contributed by atoms with Gasteiger partial charge in [-0.05, 0) is 35.7 Å². The molecule has 2 amide bonds. The summed E-state index contributed by atoms with van der Waals surface area (Å²) in [4.78, 5) is 29.1. The third-order valence-electron chi connectivity index (χ3n) is 6.61. The molecule has 0 spiro atoms. The van der Waals surface area contributed by atoms with Crippen LogP contribution in [0, 0.1) is 0 Å². The van der Waals surface area contributed by atoms with Crippen molar-refractivity contribution in [3.05, 3.63) is 88.9 Å². The van der Waals surface area contributed by atoms with E-state index in [9.17, 15) is 18.0 Å². The number of hydrogen-bond donors (Lipinski definition) is 1. The van der Waals surface area contributed by atoms with Crippen molar-refractivity contribution in [2.75, 3.05) is 36.9 Å². The highest BCUT2D eigenvalue weighted by Crippen LogP contribution is 2.35. The molecule has 0 unspecified atom stereocenters. The lowest BCUT2D eigenvalue weighted by atomic mass is 10.0. The Hall–Kier alpha value is -3.76. The summed E-state index contributed by atoms with van der Waals surface area (Å²) < 4.78 is 38.2. The lowest BCUT2D eigenvalue weighted by molar-refractivity contribution is -0.140. The second kappa shape index (κ2) is 13.7. The first-order valence-electron chi connectivity index (χ1n) is 13.4. The number of halogens is 1. The Morgan fingerprint density at radius 2 is 1.66 bits per heavy atom. The molecule has 1 heterocycles. The van der Waals surface area contributed by atoms with Gasteiger partial charge in [0.05, 0.1) is 11.9 Å². The van der Waals surface area contributed by atoms with Crippen LogP contribution in [0.3, 0.4) is 0 Å². The molecule has 0 bridgehead atoms. The fraction of sp³-hybridized carbons (Fsp3) is 0.333. The van der Waals surface area contributed by atoms with E-state index in [1.165, 1.54) is 11.0 Å². The molecule has 3 aromatic rings. The molecule has 0 aromatic heterocycles. The van der Waals surface area contributed by atoms with E-state index in [0.29, 0.717) is 48.3 Å². The van der Waals surface area contributed by atoms with Crippen molar-refractivity contribution >= 4 is 39.1 Å². The average Bonchev–Trinajstić information content (AvgIpc) is 2.97. The maximum absolute atomic E-state index is 14.1. The van der Waals surface area contributed by atoms with Crippen molar-refractivity contribution in [1.29, 1.82) is 0 Å². The molecule has 1 N–H and O–H groups in total. The number of amides is 2. The molecule has 0 fully saturated rings. The molecular formula is C30H34ClN3O6S. The third-order valence-corrected chi connectivity index (χ3v) is 8.12. The number of anilines is 1. The Labute approximate surface area is 246 Å². The number of nitrogens with one attached hydrogen (secondary N) is 1. The van der Waals surface area contributed by atoms with Crippen LogP contribution in [0.4, 0.5) is 5.69 Å². The molecule has 0 aliphatic carbocycles. The van der Waals surface area contributed by atoms with Crippen LogP contribution in [-0.4, -0.2) is 63.7 Å². The van der Waals surface area contributed by atoms with Crippen LogP contribution in [0.25, 0.3) is 0 Å². The zero-order valence-electron chi connectivity index (χ0n) is 23.1. The molecule has 0 saturated heterocycles. The molecule has 3 aromatic carbocycles. The highest BCUT2D eigenvalue weighted by atomic mass is 35.5. The standard InChI is InChI=1S/C30H34ClN3O6S/c1-3-15-32-30(36)26(18-22-9-5-4-6-10-22)33(20-23-11-7-8-12-25(23)31)29(35)21-34(41(2,37)38)24-13-14-27-28(19-24)40-17-16-39-27/h4-14,19,26H,3,15-18,20-21H2,1-2H3,(H,32,36)/t26-/m1/s1. The highest BCUT2D eigenvalue weighted by molar-refractivity contribution is 7.92. The first kappa shape index (κ1) is 30.2. The maximum atomic E-state index is 14.1. The summed E-state index contributed by atoms with van der Waals surface area (Å²) in [6.45, 7) is 2.57. The van der Waals surface area contributed by atoms with E-state index in [1.807, 2.05) is 37.3 Å². The van der Waals surface area contributed by atoms with Crippen LogP contribution in [0.1, 0.15) is 24.5 Å². The van der Waals surface area contributed by atoms with E-state index >= 15 is 0 Å². The van der Waals surface area contributed by atoms with Crippen LogP contribution in [0.5, 0.6) is 11.5 Å². The van der Waals surface area contributed by atoms with Crippen molar-refractivity contribution in [1.82, 2.24) is 10.2 Å². The summed E-state index contributed by atoms with van der Waals surface area (Å²) in [5.74, 6) is -0.00142. The number of sulfonamides is 1. The summed E-state index contributed by atoms with van der Waals surface area (Å²) in [5.41, 5.74) is 1.74. The van der Waals surface area contributed by atoms with Gasteiger partial charge in [-0.3, -0.25) is 13.9 Å². The molecule has 4 rings (SSSR count). The number of carbonyl (C=O) groups excluding carboxylic acids is 2. The van der Waals surface area contributed by atoms with Crippen LogP contribution >= 0.6 is 11.6 Å². The summed E-state index contributed by atoms with van der Waals surface area (Å²) in [7, 11) is -3.91. The zero-order chi connectivity index (χ0) is 29.4. The third kappa shape index (κ3) is 7.92. The van der Waals surface area contributed by atoms with Crippen LogP contribution in [-0.2, 0) is 32.6 Å². The minimum atomic E-state index is -3.91. The Kier molecular flexibility index (Phi) is 10.1. The van der Waals surface area contributed by atoms with Gasteiger partial charge < -0.3 is 19.7 Å². The first-order valence-corrected chi connectivity index (χ1v) is 15.6. The van der Waals surface area contributed by atoms with Gasteiger partial charge in [-0.15, -0.1) is 0 Å². The molecule has 0 radical (unpaired) electrons. The maximum Gasteiger partial charge on any atom is 0.244 e. The van der Waals surface area contributed by atoms with Crippen molar-refractivity contribution in [3.8, 4) is 11.5 Å². The second-order valence-corrected chi connectivity index (χ2v) is 12.0.